The molecule has 0 saturated carbocycles. The van der Waals surface area contributed by atoms with E-state index in [4.69, 9.17) is 15.9 Å². The molecule has 5 nitrogen and oxygen atoms in total. The number of aliphatic hydroxyl groups is 2. The second-order valence-corrected chi connectivity index (χ2v) is 3.17. The van der Waals surface area contributed by atoms with Gasteiger partial charge in [-0.25, -0.2) is 0 Å². The first kappa shape index (κ1) is 11.5. The molecule has 15 heavy (non-hydrogen) atoms. The van der Waals surface area contributed by atoms with Crippen LogP contribution >= 0.6 is 0 Å². The molecule has 0 aliphatic carbocycles. The van der Waals surface area contributed by atoms with Crippen molar-refractivity contribution in [1.29, 1.82) is 0 Å². The van der Waals surface area contributed by atoms with Gasteiger partial charge in [0.15, 0.2) is 0 Å². The third kappa shape index (κ3) is 3.57. The molecule has 1 aromatic rings. The van der Waals surface area contributed by atoms with Crippen molar-refractivity contribution < 1.29 is 15.0 Å². The maximum atomic E-state index is 11.4. The van der Waals surface area contributed by atoms with Crippen LogP contribution in [0.25, 0.3) is 0 Å². The Balaban J connectivity index is 2.50. The minimum Gasteiger partial charge on any atom is -0.399 e. The molecule has 0 heterocycles. The molecule has 0 fully saturated rings. The molecular weight excluding hydrogens is 196 g/mol. The third-order valence-corrected chi connectivity index (χ3v) is 1.88. The molecule has 0 bridgehead atoms. The van der Waals surface area contributed by atoms with E-state index in [-0.39, 0.29) is 19.1 Å². The second-order valence-electron chi connectivity index (χ2n) is 3.17. The normalized spacial score (nSPS) is 12.1. The van der Waals surface area contributed by atoms with Gasteiger partial charge in [-0.3, -0.25) is 4.79 Å². The van der Waals surface area contributed by atoms with Crippen LogP contribution in [0.3, 0.4) is 0 Å². The van der Waals surface area contributed by atoms with Crippen LogP contribution in [0.2, 0.25) is 0 Å². The second kappa shape index (κ2) is 5.33. The molecular formula is C10H14N2O3. The van der Waals surface area contributed by atoms with Crippen LogP contribution in [-0.2, 0) is 0 Å². The predicted octanol–water partition coefficient (Wildman–Crippen LogP) is -0.648. The highest BCUT2D eigenvalue weighted by molar-refractivity contribution is 5.94. The summed E-state index contributed by atoms with van der Waals surface area (Å²) >= 11 is 0. The van der Waals surface area contributed by atoms with Crippen molar-refractivity contribution in [3.8, 4) is 0 Å². The summed E-state index contributed by atoms with van der Waals surface area (Å²) in [5, 5.41) is 20.0. The standard InChI is InChI=1S/C10H14N2O3/c11-8-3-1-7(2-4-8)10(15)12-5-9(14)6-13/h1-4,9,13-14H,5-6,11H2,(H,12,15). The fourth-order valence-electron chi connectivity index (χ4n) is 1.01. The van der Waals surface area contributed by atoms with Crippen LogP contribution in [0.4, 0.5) is 5.69 Å². The molecule has 0 saturated heterocycles. The van der Waals surface area contributed by atoms with E-state index in [9.17, 15) is 4.79 Å². The van der Waals surface area contributed by atoms with E-state index in [2.05, 4.69) is 5.32 Å². The smallest absolute Gasteiger partial charge is 0.251 e. The molecule has 1 amide bonds. The molecule has 1 aromatic carbocycles. The molecule has 0 aromatic heterocycles. The Hall–Kier alpha value is -1.59. The number of carbonyl (C=O) groups excluding carboxylic acids is 1. The highest BCUT2D eigenvalue weighted by Crippen LogP contribution is 2.04. The highest BCUT2D eigenvalue weighted by atomic mass is 16.3. The number of nitrogens with one attached hydrogen (secondary N) is 1. The first-order chi connectivity index (χ1) is 7.13. The van der Waals surface area contributed by atoms with Crippen LogP contribution in [0, 0.1) is 0 Å². The summed E-state index contributed by atoms with van der Waals surface area (Å²) in [4.78, 5) is 11.4. The van der Waals surface area contributed by atoms with Crippen molar-refractivity contribution in [1.82, 2.24) is 5.32 Å². The van der Waals surface area contributed by atoms with E-state index >= 15 is 0 Å². The fourth-order valence-corrected chi connectivity index (χ4v) is 1.01. The number of carbonyl (C=O) groups is 1. The van der Waals surface area contributed by atoms with Gasteiger partial charge in [0.05, 0.1) is 12.7 Å². The zero-order valence-corrected chi connectivity index (χ0v) is 8.18. The molecule has 1 unspecified atom stereocenters. The summed E-state index contributed by atoms with van der Waals surface area (Å²) in [5.41, 5.74) is 6.52. The predicted molar refractivity (Wildman–Crippen MR) is 56.3 cm³/mol. The van der Waals surface area contributed by atoms with E-state index in [1.807, 2.05) is 0 Å². The van der Waals surface area contributed by atoms with Gasteiger partial charge in [0.2, 0.25) is 0 Å². The maximum Gasteiger partial charge on any atom is 0.251 e. The Morgan fingerprint density at radius 2 is 2.00 bits per heavy atom. The van der Waals surface area contributed by atoms with Crippen LogP contribution in [-0.4, -0.2) is 35.4 Å². The van der Waals surface area contributed by atoms with Crippen LogP contribution in [0.1, 0.15) is 10.4 Å². The number of nitrogen functional groups attached to an aromatic ring is 1. The number of rotatable bonds is 4. The van der Waals surface area contributed by atoms with E-state index in [0.29, 0.717) is 11.3 Å². The minimum absolute atomic E-state index is 0.0275. The minimum atomic E-state index is -0.928. The number of aliphatic hydroxyl groups excluding tert-OH is 2. The lowest BCUT2D eigenvalue weighted by Crippen LogP contribution is -2.33. The van der Waals surface area contributed by atoms with Crippen LogP contribution in [0.15, 0.2) is 24.3 Å². The van der Waals surface area contributed by atoms with Gasteiger partial charge in [-0.1, -0.05) is 0 Å². The van der Waals surface area contributed by atoms with E-state index < -0.39 is 6.10 Å². The summed E-state index contributed by atoms with van der Waals surface area (Å²) in [6, 6.07) is 6.43. The van der Waals surface area contributed by atoms with E-state index in [1.54, 1.807) is 24.3 Å². The van der Waals surface area contributed by atoms with E-state index in [1.165, 1.54) is 0 Å². The molecule has 1 rings (SSSR count). The van der Waals surface area contributed by atoms with Gasteiger partial charge >= 0.3 is 0 Å². The molecule has 0 aliphatic rings. The van der Waals surface area contributed by atoms with Gasteiger partial charge in [0, 0.05) is 17.8 Å². The van der Waals surface area contributed by atoms with Crippen molar-refractivity contribution >= 4 is 11.6 Å². The average molecular weight is 210 g/mol. The Kier molecular flexibility index (Phi) is 4.08. The Morgan fingerprint density at radius 1 is 1.40 bits per heavy atom. The zero-order valence-electron chi connectivity index (χ0n) is 8.18. The van der Waals surface area contributed by atoms with Gasteiger partial charge in [-0.15, -0.1) is 0 Å². The SMILES string of the molecule is Nc1ccc(C(=O)NCC(O)CO)cc1. The monoisotopic (exact) mass is 210 g/mol. The van der Waals surface area contributed by atoms with Crippen molar-refractivity contribution in [3.63, 3.8) is 0 Å². The largest absolute Gasteiger partial charge is 0.399 e. The summed E-state index contributed by atoms with van der Waals surface area (Å²) in [6.45, 7) is -0.346. The van der Waals surface area contributed by atoms with Crippen LogP contribution < -0.4 is 11.1 Å². The van der Waals surface area contributed by atoms with Gasteiger partial charge < -0.3 is 21.3 Å². The van der Waals surface area contributed by atoms with Gasteiger partial charge in [0.1, 0.15) is 0 Å². The van der Waals surface area contributed by atoms with E-state index in [0.717, 1.165) is 0 Å². The number of nitrogens with two attached hydrogens (primary N) is 1. The first-order valence-corrected chi connectivity index (χ1v) is 4.56. The lowest BCUT2D eigenvalue weighted by molar-refractivity contribution is 0.0802. The highest BCUT2D eigenvalue weighted by Gasteiger charge is 2.07. The summed E-state index contributed by atoms with van der Waals surface area (Å²) in [6.07, 6.45) is -0.928. The number of hydrogen-bond acceptors (Lipinski definition) is 4. The van der Waals surface area contributed by atoms with Crippen molar-refractivity contribution in [2.75, 3.05) is 18.9 Å². The Morgan fingerprint density at radius 3 is 2.53 bits per heavy atom. The van der Waals surface area contributed by atoms with Gasteiger partial charge in [0.25, 0.3) is 5.91 Å². The van der Waals surface area contributed by atoms with Crippen LogP contribution in [0.5, 0.6) is 0 Å². The van der Waals surface area contributed by atoms with Crippen molar-refractivity contribution in [2.24, 2.45) is 0 Å². The summed E-state index contributed by atoms with van der Waals surface area (Å²) in [5.74, 6) is -0.303. The number of benzene rings is 1. The Bertz CT molecular complexity index is 324. The van der Waals surface area contributed by atoms with Gasteiger partial charge in [-0.2, -0.15) is 0 Å². The summed E-state index contributed by atoms with van der Waals surface area (Å²) in [7, 11) is 0. The van der Waals surface area contributed by atoms with Crippen molar-refractivity contribution in [2.45, 2.75) is 6.10 Å². The quantitative estimate of drug-likeness (QED) is 0.497. The average Bonchev–Trinajstić information content (AvgIpc) is 2.26. The molecule has 0 spiro atoms. The number of amides is 1. The van der Waals surface area contributed by atoms with Gasteiger partial charge in [-0.05, 0) is 24.3 Å². The third-order valence-electron chi connectivity index (χ3n) is 1.88. The number of anilines is 1. The van der Waals surface area contributed by atoms with Crippen molar-refractivity contribution in [3.05, 3.63) is 29.8 Å². The first-order valence-electron chi connectivity index (χ1n) is 4.56. The lowest BCUT2D eigenvalue weighted by Gasteiger charge is -2.08. The Labute approximate surface area is 87.5 Å². The topological polar surface area (TPSA) is 95.6 Å². The molecule has 1 atom stereocenters. The summed E-state index contributed by atoms with van der Waals surface area (Å²) < 4.78 is 0. The molecule has 0 radical (unpaired) electrons. The molecule has 82 valence electrons. The molecule has 5 heteroatoms. The fraction of sp³-hybridized carbons (Fsp3) is 0.300. The number of hydrogen-bond donors (Lipinski definition) is 4. The maximum absolute atomic E-state index is 11.4. The molecule has 0 aliphatic heterocycles. The molecule has 5 N–H and O–H groups in total. The zero-order chi connectivity index (χ0) is 11.3. The lowest BCUT2D eigenvalue weighted by atomic mass is 10.2.